The molecule has 0 saturated heterocycles. The summed E-state index contributed by atoms with van der Waals surface area (Å²) < 4.78 is 4.92. The van der Waals surface area contributed by atoms with Crippen molar-refractivity contribution in [2.24, 2.45) is 0 Å². The van der Waals surface area contributed by atoms with E-state index in [4.69, 9.17) is 4.74 Å². The number of aromatic amines is 1. The smallest absolute Gasteiger partial charge is 0.339 e. The number of Topliss-reactive ketones (excluding diaryl/α,β-unsaturated/α-hetero) is 1. The summed E-state index contributed by atoms with van der Waals surface area (Å²) >= 11 is 0. The first-order valence-electron chi connectivity index (χ1n) is 9.57. The Morgan fingerprint density at radius 1 is 0.917 bits per heavy atom. The lowest BCUT2D eigenvalue weighted by Gasteiger charge is -2.02. The van der Waals surface area contributed by atoms with Crippen molar-refractivity contribution in [2.75, 3.05) is 6.61 Å². The highest BCUT2D eigenvalue weighted by molar-refractivity contribution is 5.98. The van der Waals surface area contributed by atoms with Crippen molar-refractivity contribution in [3.8, 4) is 0 Å². The maximum Gasteiger partial charge on any atom is 0.339 e. The van der Waals surface area contributed by atoms with Crippen molar-refractivity contribution >= 4 is 11.8 Å². The predicted molar refractivity (Wildman–Crippen MR) is 97.5 cm³/mol. The van der Waals surface area contributed by atoms with Crippen molar-refractivity contribution in [1.82, 2.24) is 4.98 Å². The zero-order chi connectivity index (χ0) is 17.6. The van der Waals surface area contributed by atoms with Crippen molar-refractivity contribution in [3.05, 3.63) is 23.5 Å². The van der Waals surface area contributed by atoms with Gasteiger partial charge in [-0.1, -0.05) is 64.7 Å². The zero-order valence-corrected chi connectivity index (χ0v) is 15.4. The van der Waals surface area contributed by atoms with Gasteiger partial charge in [-0.2, -0.15) is 0 Å². The number of ketones is 1. The van der Waals surface area contributed by atoms with Gasteiger partial charge in [-0.25, -0.2) is 4.79 Å². The third-order valence-corrected chi connectivity index (χ3v) is 4.25. The lowest BCUT2D eigenvalue weighted by Crippen LogP contribution is -2.03. The van der Waals surface area contributed by atoms with E-state index in [1.807, 2.05) is 0 Å². The number of nitrogens with one attached hydrogen (secondary N) is 1. The van der Waals surface area contributed by atoms with Gasteiger partial charge in [-0.3, -0.25) is 4.79 Å². The van der Waals surface area contributed by atoms with Crippen LogP contribution < -0.4 is 0 Å². The Kier molecular flexibility index (Phi) is 10.9. The van der Waals surface area contributed by atoms with Crippen LogP contribution in [0.4, 0.5) is 0 Å². The first kappa shape index (κ1) is 20.5. The fourth-order valence-corrected chi connectivity index (χ4v) is 2.80. The maximum atomic E-state index is 12.1. The number of carbonyl (C=O) groups excluding carboxylic acids is 2. The summed E-state index contributed by atoms with van der Waals surface area (Å²) in [6.45, 7) is 4.35. The average molecular weight is 335 g/mol. The van der Waals surface area contributed by atoms with E-state index < -0.39 is 0 Å². The summed E-state index contributed by atoms with van der Waals surface area (Å²) in [5.41, 5.74) is 0.928. The van der Waals surface area contributed by atoms with Gasteiger partial charge in [-0.15, -0.1) is 0 Å². The maximum absolute atomic E-state index is 12.1. The minimum Gasteiger partial charge on any atom is -0.462 e. The fourth-order valence-electron chi connectivity index (χ4n) is 2.80. The second-order valence-electron chi connectivity index (χ2n) is 6.38. The van der Waals surface area contributed by atoms with Gasteiger partial charge >= 0.3 is 5.97 Å². The van der Waals surface area contributed by atoms with Crippen molar-refractivity contribution in [1.29, 1.82) is 0 Å². The summed E-state index contributed by atoms with van der Waals surface area (Å²) in [6, 6.07) is 1.59. The van der Waals surface area contributed by atoms with Crippen LogP contribution >= 0.6 is 0 Å². The average Bonchev–Trinajstić information content (AvgIpc) is 3.07. The molecule has 0 saturated carbocycles. The number of rotatable bonds is 14. The highest BCUT2D eigenvalue weighted by atomic mass is 16.5. The van der Waals surface area contributed by atoms with E-state index in [0.717, 1.165) is 12.8 Å². The van der Waals surface area contributed by atoms with Gasteiger partial charge in [0.2, 0.25) is 0 Å². The molecule has 0 amide bonds. The van der Waals surface area contributed by atoms with E-state index in [0.29, 0.717) is 24.3 Å². The van der Waals surface area contributed by atoms with Crippen molar-refractivity contribution < 1.29 is 14.3 Å². The second kappa shape index (κ2) is 12.8. The standard InChI is InChI=1S/C20H33NO3/c1-3-5-6-7-8-9-10-11-12-13-14-19(22)18-15-17(16-21-18)20(23)24-4-2/h15-16,21H,3-14H2,1-2H3. The number of hydrogen-bond acceptors (Lipinski definition) is 3. The monoisotopic (exact) mass is 335 g/mol. The molecule has 4 nitrogen and oxygen atoms in total. The predicted octanol–water partition coefficient (Wildman–Crippen LogP) is 5.69. The van der Waals surface area contributed by atoms with Gasteiger partial charge in [0.1, 0.15) is 0 Å². The number of ether oxygens (including phenoxy) is 1. The Balaban J connectivity index is 2.09. The molecule has 4 heteroatoms. The molecule has 0 aliphatic heterocycles. The molecule has 136 valence electrons. The fraction of sp³-hybridized carbons (Fsp3) is 0.700. The largest absolute Gasteiger partial charge is 0.462 e. The molecule has 24 heavy (non-hydrogen) atoms. The highest BCUT2D eigenvalue weighted by Gasteiger charge is 2.13. The molecule has 0 aromatic carbocycles. The number of carbonyl (C=O) groups is 2. The summed E-state index contributed by atoms with van der Waals surface area (Å²) in [4.78, 5) is 26.5. The van der Waals surface area contributed by atoms with E-state index in [9.17, 15) is 9.59 Å². The first-order chi connectivity index (χ1) is 11.7. The van der Waals surface area contributed by atoms with Gasteiger partial charge in [0.15, 0.2) is 5.78 Å². The molecule has 1 aromatic heterocycles. The molecule has 0 fully saturated rings. The molecular formula is C20H33NO3. The molecule has 0 unspecified atom stereocenters. The molecule has 1 heterocycles. The Hall–Kier alpha value is -1.58. The number of aromatic nitrogens is 1. The lowest BCUT2D eigenvalue weighted by atomic mass is 10.0. The van der Waals surface area contributed by atoms with Crippen molar-refractivity contribution in [2.45, 2.75) is 84.5 Å². The van der Waals surface area contributed by atoms with Crippen LogP contribution in [-0.4, -0.2) is 23.3 Å². The van der Waals surface area contributed by atoms with E-state index in [1.165, 1.54) is 51.4 Å². The summed E-state index contributed by atoms with van der Waals surface area (Å²) in [5.74, 6) is -0.308. The number of H-pyrrole nitrogens is 1. The normalized spacial score (nSPS) is 10.8. The first-order valence-corrected chi connectivity index (χ1v) is 9.57. The van der Waals surface area contributed by atoms with Crippen LogP contribution in [0.3, 0.4) is 0 Å². The van der Waals surface area contributed by atoms with Gasteiger partial charge < -0.3 is 9.72 Å². The van der Waals surface area contributed by atoms with Gasteiger partial charge in [0, 0.05) is 12.6 Å². The molecule has 0 bridgehead atoms. The SMILES string of the molecule is CCCCCCCCCCCCC(=O)c1cc(C(=O)OCC)c[nH]1. The Morgan fingerprint density at radius 3 is 2.08 bits per heavy atom. The van der Waals surface area contributed by atoms with E-state index >= 15 is 0 Å². The third kappa shape index (κ3) is 8.32. The van der Waals surface area contributed by atoms with Crippen LogP contribution in [0.2, 0.25) is 0 Å². The van der Waals surface area contributed by atoms with Crippen LogP contribution in [0.5, 0.6) is 0 Å². The number of esters is 1. The van der Waals surface area contributed by atoms with Crippen molar-refractivity contribution in [3.63, 3.8) is 0 Å². The Bertz CT molecular complexity index is 479. The molecule has 1 rings (SSSR count). The van der Waals surface area contributed by atoms with Crippen LogP contribution in [0.25, 0.3) is 0 Å². The number of unbranched alkanes of at least 4 members (excludes halogenated alkanes) is 9. The molecule has 1 aromatic rings. The molecule has 0 spiro atoms. The van der Waals surface area contributed by atoms with Gasteiger partial charge in [-0.05, 0) is 19.4 Å². The van der Waals surface area contributed by atoms with E-state index in [1.54, 1.807) is 19.2 Å². The molecule has 0 radical (unpaired) electrons. The quantitative estimate of drug-likeness (QED) is 0.270. The molecule has 1 N–H and O–H groups in total. The van der Waals surface area contributed by atoms with Crippen LogP contribution in [0, 0.1) is 0 Å². The third-order valence-electron chi connectivity index (χ3n) is 4.25. The molecule has 0 atom stereocenters. The number of hydrogen-bond donors (Lipinski definition) is 1. The van der Waals surface area contributed by atoms with Gasteiger partial charge in [0.25, 0.3) is 0 Å². The minimum absolute atomic E-state index is 0.0742. The Morgan fingerprint density at radius 2 is 1.50 bits per heavy atom. The molecular weight excluding hydrogens is 302 g/mol. The molecule has 0 aliphatic rings. The minimum atomic E-state index is -0.383. The van der Waals surface area contributed by atoms with Crippen LogP contribution in [0.15, 0.2) is 12.3 Å². The molecule has 0 aliphatic carbocycles. The van der Waals surface area contributed by atoms with Crippen LogP contribution in [-0.2, 0) is 4.74 Å². The summed E-state index contributed by atoms with van der Waals surface area (Å²) in [6.07, 6.45) is 14.6. The summed E-state index contributed by atoms with van der Waals surface area (Å²) in [5, 5.41) is 0. The second-order valence-corrected chi connectivity index (χ2v) is 6.38. The van der Waals surface area contributed by atoms with E-state index in [-0.39, 0.29) is 11.8 Å². The van der Waals surface area contributed by atoms with Gasteiger partial charge in [0.05, 0.1) is 17.9 Å². The summed E-state index contributed by atoms with van der Waals surface area (Å²) in [7, 11) is 0. The van der Waals surface area contributed by atoms with E-state index in [2.05, 4.69) is 11.9 Å². The zero-order valence-electron chi connectivity index (χ0n) is 15.4. The lowest BCUT2D eigenvalue weighted by molar-refractivity contribution is 0.0526. The highest BCUT2D eigenvalue weighted by Crippen LogP contribution is 2.13. The topological polar surface area (TPSA) is 59.2 Å². The Labute approximate surface area is 146 Å². The van der Waals surface area contributed by atoms with Crippen LogP contribution in [0.1, 0.15) is 105 Å².